The molecule has 3 heteroatoms. The molecule has 1 aromatic rings. The minimum absolute atomic E-state index is 0.116. The van der Waals surface area contributed by atoms with Crippen molar-refractivity contribution in [2.75, 3.05) is 13.7 Å². The van der Waals surface area contributed by atoms with Crippen LogP contribution in [0.3, 0.4) is 0 Å². The van der Waals surface area contributed by atoms with Gasteiger partial charge in [0.15, 0.2) is 0 Å². The van der Waals surface area contributed by atoms with Crippen LogP contribution in [0.5, 0.6) is 5.75 Å². The molecule has 0 aliphatic heterocycles. The lowest BCUT2D eigenvalue weighted by molar-refractivity contribution is 0.265. The standard InChI is InChI=1S/C15H24O2S/c1-14(2,3)11-7-8-12(17-6)13(9-11)18-15(4,5)10-16/h7-9,16H,10H2,1-6H3. The van der Waals surface area contributed by atoms with Gasteiger partial charge in [0.1, 0.15) is 5.75 Å². The van der Waals surface area contributed by atoms with Gasteiger partial charge in [0.25, 0.3) is 0 Å². The first kappa shape index (κ1) is 15.4. The minimum Gasteiger partial charge on any atom is -0.496 e. The maximum Gasteiger partial charge on any atom is 0.132 e. The monoisotopic (exact) mass is 268 g/mol. The minimum atomic E-state index is -0.205. The first-order valence-electron chi connectivity index (χ1n) is 6.18. The molecule has 0 unspecified atom stereocenters. The first-order chi connectivity index (χ1) is 8.19. The summed E-state index contributed by atoms with van der Waals surface area (Å²) in [6.45, 7) is 10.8. The number of hydrogen-bond donors (Lipinski definition) is 1. The zero-order valence-corrected chi connectivity index (χ0v) is 13.0. The van der Waals surface area contributed by atoms with Crippen LogP contribution in [0.15, 0.2) is 23.1 Å². The fourth-order valence-electron chi connectivity index (χ4n) is 1.55. The molecule has 0 heterocycles. The van der Waals surface area contributed by atoms with Gasteiger partial charge in [0.2, 0.25) is 0 Å². The van der Waals surface area contributed by atoms with Gasteiger partial charge in [-0.3, -0.25) is 0 Å². The van der Waals surface area contributed by atoms with E-state index in [1.165, 1.54) is 5.56 Å². The SMILES string of the molecule is COc1ccc(C(C)(C)C)cc1SC(C)(C)CO. The van der Waals surface area contributed by atoms with E-state index in [-0.39, 0.29) is 16.8 Å². The molecule has 0 spiro atoms. The molecule has 18 heavy (non-hydrogen) atoms. The van der Waals surface area contributed by atoms with Crippen LogP contribution < -0.4 is 4.74 Å². The highest BCUT2D eigenvalue weighted by atomic mass is 32.2. The predicted octanol–water partition coefficient (Wildman–Crippen LogP) is 3.86. The van der Waals surface area contributed by atoms with E-state index in [9.17, 15) is 5.11 Å². The van der Waals surface area contributed by atoms with Crippen LogP contribution in [0.4, 0.5) is 0 Å². The highest BCUT2D eigenvalue weighted by Gasteiger charge is 2.22. The Morgan fingerprint density at radius 3 is 2.22 bits per heavy atom. The fourth-order valence-corrected chi connectivity index (χ4v) is 2.65. The molecule has 2 nitrogen and oxygen atoms in total. The van der Waals surface area contributed by atoms with E-state index in [4.69, 9.17) is 4.74 Å². The van der Waals surface area contributed by atoms with Gasteiger partial charge in [-0.15, -0.1) is 11.8 Å². The van der Waals surface area contributed by atoms with Crippen molar-refractivity contribution in [2.45, 2.75) is 49.7 Å². The van der Waals surface area contributed by atoms with Crippen molar-refractivity contribution in [3.05, 3.63) is 23.8 Å². The summed E-state index contributed by atoms with van der Waals surface area (Å²) in [6, 6.07) is 6.28. The zero-order chi connectivity index (χ0) is 14.0. The second-order valence-corrected chi connectivity index (χ2v) is 7.88. The molecule has 0 aliphatic carbocycles. The third-order valence-corrected chi connectivity index (χ3v) is 4.02. The van der Waals surface area contributed by atoms with Crippen LogP contribution in [-0.4, -0.2) is 23.6 Å². The second-order valence-electron chi connectivity index (χ2n) is 6.14. The summed E-state index contributed by atoms with van der Waals surface area (Å²) in [6.07, 6.45) is 0. The largest absolute Gasteiger partial charge is 0.496 e. The highest BCUT2D eigenvalue weighted by Crippen LogP contribution is 2.40. The molecule has 0 saturated carbocycles. The van der Waals surface area contributed by atoms with Crippen molar-refractivity contribution in [1.29, 1.82) is 0 Å². The molecule has 0 aliphatic rings. The lowest BCUT2D eigenvalue weighted by atomic mass is 9.87. The Balaban J connectivity index is 3.15. The second kappa shape index (κ2) is 5.54. The lowest BCUT2D eigenvalue weighted by Gasteiger charge is -2.25. The number of aliphatic hydroxyl groups is 1. The molecule has 0 saturated heterocycles. The normalized spacial score (nSPS) is 12.6. The smallest absolute Gasteiger partial charge is 0.132 e. The van der Waals surface area contributed by atoms with Gasteiger partial charge < -0.3 is 9.84 Å². The number of hydrogen-bond acceptors (Lipinski definition) is 3. The number of benzene rings is 1. The molecule has 0 atom stereocenters. The van der Waals surface area contributed by atoms with Gasteiger partial charge in [-0.25, -0.2) is 0 Å². The summed E-state index contributed by atoms with van der Waals surface area (Å²) in [7, 11) is 1.68. The highest BCUT2D eigenvalue weighted by molar-refractivity contribution is 8.00. The van der Waals surface area contributed by atoms with Crippen LogP contribution in [0.2, 0.25) is 0 Å². The van der Waals surface area contributed by atoms with Gasteiger partial charge in [-0.05, 0) is 37.0 Å². The predicted molar refractivity (Wildman–Crippen MR) is 78.7 cm³/mol. The van der Waals surface area contributed by atoms with Crippen molar-refractivity contribution in [2.24, 2.45) is 0 Å². The maximum absolute atomic E-state index is 9.39. The molecule has 1 aromatic carbocycles. The van der Waals surface area contributed by atoms with E-state index in [1.807, 2.05) is 19.9 Å². The Morgan fingerprint density at radius 2 is 1.78 bits per heavy atom. The van der Waals surface area contributed by atoms with E-state index in [2.05, 4.69) is 32.9 Å². The molecule has 1 rings (SSSR count). The fraction of sp³-hybridized carbons (Fsp3) is 0.600. The summed E-state index contributed by atoms with van der Waals surface area (Å²) in [5.74, 6) is 0.870. The Bertz CT molecular complexity index is 405. The number of methoxy groups -OCH3 is 1. The lowest BCUT2D eigenvalue weighted by Crippen LogP contribution is -2.20. The van der Waals surface area contributed by atoms with Gasteiger partial charge in [-0.1, -0.05) is 26.8 Å². The van der Waals surface area contributed by atoms with E-state index in [1.54, 1.807) is 18.9 Å². The summed E-state index contributed by atoms with van der Waals surface area (Å²) in [4.78, 5) is 1.09. The molecule has 0 bridgehead atoms. The maximum atomic E-state index is 9.39. The summed E-state index contributed by atoms with van der Waals surface area (Å²) in [5.41, 5.74) is 1.39. The van der Waals surface area contributed by atoms with Crippen molar-refractivity contribution >= 4 is 11.8 Å². The molecule has 0 radical (unpaired) electrons. The summed E-state index contributed by atoms with van der Waals surface area (Å²) in [5, 5.41) is 9.39. The van der Waals surface area contributed by atoms with E-state index >= 15 is 0 Å². The summed E-state index contributed by atoms with van der Waals surface area (Å²) < 4.78 is 5.20. The van der Waals surface area contributed by atoms with E-state index < -0.39 is 0 Å². The Kier molecular flexibility index (Phi) is 4.73. The van der Waals surface area contributed by atoms with Crippen molar-refractivity contribution in [3.63, 3.8) is 0 Å². The third-order valence-electron chi connectivity index (χ3n) is 2.80. The van der Waals surface area contributed by atoms with Crippen molar-refractivity contribution < 1.29 is 9.84 Å². The Morgan fingerprint density at radius 1 is 1.17 bits per heavy atom. The van der Waals surface area contributed by atoms with Crippen molar-refractivity contribution in [1.82, 2.24) is 0 Å². The Hall–Kier alpha value is -0.670. The number of rotatable bonds is 4. The van der Waals surface area contributed by atoms with Crippen LogP contribution in [0, 0.1) is 0 Å². The van der Waals surface area contributed by atoms with Crippen LogP contribution in [0.1, 0.15) is 40.2 Å². The molecule has 0 fully saturated rings. The molecule has 102 valence electrons. The first-order valence-corrected chi connectivity index (χ1v) is 6.99. The van der Waals surface area contributed by atoms with Gasteiger partial charge in [-0.2, -0.15) is 0 Å². The van der Waals surface area contributed by atoms with Gasteiger partial charge >= 0.3 is 0 Å². The quantitative estimate of drug-likeness (QED) is 0.841. The molecule has 0 amide bonds. The molecular weight excluding hydrogens is 244 g/mol. The average Bonchev–Trinajstić information content (AvgIpc) is 2.27. The van der Waals surface area contributed by atoms with Gasteiger partial charge in [0.05, 0.1) is 18.6 Å². The molecule has 0 aromatic heterocycles. The van der Waals surface area contributed by atoms with Gasteiger partial charge in [0, 0.05) is 4.75 Å². The number of ether oxygens (including phenoxy) is 1. The molecular formula is C15H24O2S. The number of aliphatic hydroxyl groups excluding tert-OH is 1. The third kappa shape index (κ3) is 3.92. The van der Waals surface area contributed by atoms with Crippen LogP contribution in [0.25, 0.3) is 0 Å². The zero-order valence-electron chi connectivity index (χ0n) is 12.2. The average molecular weight is 268 g/mol. The van der Waals surface area contributed by atoms with Crippen LogP contribution >= 0.6 is 11.8 Å². The topological polar surface area (TPSA) is 29.5 Å². The number of thioether (sulfide) groups is 1. The molecule has 1 N–H and O–H groups in total. The van der Waals surface area contributed by atoms with E-state index in [0.29, 0.717) is 0 Å². The van der Waals surface area contributed by atoms with Crippen molar-refractivity contribution in [3.8, 4) is 5.75 Å². The van der Waals surface area contributed by atoms with E-state index in [0.717, 1.165) is 10.6 Å². The Labute approximate surface area is 115 Å². The summed E-state index contributed by atoms with van der Waals surface area (Å²) >= 11 is 1.65. The van der Waals surface area contributed by atoms with Crippen LogP contribution in [-0.2, 0) is 5.41 Å².